The van der Waals surface area contributed by atoms with Crippen LogP contribution in [0.25, 0.3) is 17.1 Å². The number of piperazine rings is 2. The SMILES string of the molecule is COc1cc(O)c(C2=NN(CN3CCN(c4ccc(-n5c(C(=O)NC6CCCC6)nnc5-c5cc(C(C)C)c(OC)cc5O)cc4)CC3)C(C(=O)NCC(F)(F)F)N2c2ccc(CN3CCN(C)CC3)c(F)c2)cc1C(C)C. The summed E-state index contributed by atoms with van der Waals surface area (Å²) in [6.07, 6.45) is -2.49. The van der Waals surface area contributed by atoms with Crippen LogP contribution in [0.1, 0.15) is 98.1 Å². The van der Waals surface area contributed by atoms with E-state index in [4.69, 9.17) is 14.6 Å². The van der Waals surface area contributed by atoms with E-state index in [1.54, 1.807) is 35.9 Å². The molecule has 9 rings (SSSR count). The van der Waals surface area contributed by atoms with Crippen LogP contribution in [0, 0.1) is 5.82 Å². The van der Waals surface area contributed by atoms with Gasteiger partial charge in [0.25, 0.3) is 11.8 Å². The van der Waals surface area contributed by atoms with Crippen molar-refractivity contribution in [1.82, 2.24) is 45.1 Å². The van der Waals surface area contributed by atoms with Crippen molar-refractivity contribution in [2.45, 2.75) is 90.1 Å². The number of rotatable bonds is 17. The van der Waals surface area contributed by atoms with Crippen molar-refractivity contribution >= 4 is 29.0 Å². The van der Waals surface area contributed by atoms with Crippen molar-refractivity contribution < 1.29 is 46.8 Å². The molecule has 1 aliphatic carbocycles. The van der Waals surface area contributed by atoms with E-state index in [9.17, 15) is 33.0 Å². The number of nitrogens with zero attached hydrogens (tertiary/aromatic N) is 10. The predicted molar refractivity (Wildman–Crippen MR) is 289 cm³/mol. The number of likely N-dealkylation sites (N-methyl/N-ethyl adjacent to an activating group) is 1. The Balaban J connectivity index is 0.999. The van der Waals surface area contributed by atoms with E-state index < -0.39 is 30.6 Å². The minimum atomic E-state index is -4.74. The molecule has 1 aromatic heterocycles. The highest BCUT2D eigenvalue weighted by molar-refractivity contribution is 6.16. The third-order valence-electron chi connectivity index (χ3n) is 15.1. The molecule has 3 fully saturated rings. The number of carbonyl (C=O) groups is 2. The maximum atomic E-state index is 16.4. The van der Waals surface area contributed by atoms with Gasteiger partial charge in [-0.15, -0.1) is 10.2 Å². The van der Waals surface area contributed by atoms with E-state index in [1.165, 1.54) is 29.2 Å². The first-order valence-electron chi connectivity index (χ1n) is 26.7. The van der Waals surface area contributed by atoms with Gasteiger partial charge in [-0.1, -0.05) is 46.6 Å². The third kappa shape index (κ3) is 12.1. The van der Waals surface area contributed by atoms with Gasteiger partial charge < -0.3 is 40.1 Å². The zero-order valence-electron chi connectivity index (χ0n) is 45.3. The monoisotopic (exact) mass is 1080 g/mol. The Bertz CT molecular complexity index is 2980. The second-order valence-electron chi connectivity index (χ2n) is 21.2. The van der Waals surface area contributed by atoms with E-state index in [2.05, 4.69) is 35.5 Å². The lowest BCUT2D eigenvalue weighted by Gasteiger charge is -2.39. The number of nitrogens with one attached hydrogen (secondary N) is 2. The first-order chi connectivity index (χ1) is 37.3. The highest BCUT2D eigenvalue weighted by atomic mass is 19.4. The number of anilines is 2. The highest BCUT2D eigenvalue weighted by Gasteiger charge is 2.44. The normalized spacial score (nSPS) is 18.1. The van der Waals surface area contributed by atoms with E-state index in [0.29, 0.717) is 66.6 Å². The predicted octanol–water partition coefficient (Wildman–Crippen LogP) is 7.44. The molecule has 18 nitrogen and oxygen atoms in total. The largest absolute Gasteiger partial charge is 0.507 e. The molecule has 2 amide bonds. The lowest BCUT2D eigenvalue weighted by atomic mass is 9.98. The molecule has 22 heteroatoms. The van der Waals surface area contributed by atoms with Crippen LogP contribution in [0.3, 0.4) is 0 Å². The van der Waals surface area contributed by atoms with E-state index in [-0.39, 0.29) is 70.7 Å². The molecule has 4 aliphatic rings. The molecule has 0 radical (unpaired) electrons. The van der Waals surface area contributed by atoms with Gasteiger partial charge in [-0.05, 0) is 91.4 Å². The molecule has 4 N–H and O–H groups in total. The Kier molecular flexibility index (Phi) is 16.7. The molecule has 1 atom stereocenters. The molecule has 2 saturated heterocycles. The van der Waals surface area contributed by atoms with Crippen LogP contribution in [0.5, 0.6) is 23.0 Å². The van der Waals surface area contributed by atoms with Gasteiger partial charge in [0.15, 0.2) is 11.7 Å². The van der Waals surface area contributed by atoms with Crippen molar-refractivity contribution in [2.75, 3.05) is 96.6 Å². The lowest BCUT2D eigenvalue weighted by molar-refractivity contribution is -0.141. The van der Waals surface area contributed by atoms with Crippen LogP contribution in [0.2, 0.25) is 0 Å². The van der Waals surface area contributed by atoms with Crippen LogP contribution < -0.4 is 29.9 Å². The Morgan fingerprint density at radius 3 is 1.91 bits per heavy atom. The van der Waals surface area contributed by atoms with Crippen molar-refractivity contribution in [3.05, 3.63) is 101 Å². The van der Waals surface area contributed by atoms with Crippen molar-refractivity contribution in [2.24, 2.45) is 5.10 Å². The molecular formula is C56H70F4N12O6. The van der Waals surface area contributed by atoms with Gasteiger partial charge >= 0.3 is 6.18 Å². The number of phenols is 2. The number of aromatic nitrogens is 3. The van der Waals surface area contributed by atoms with Crippen molar-refractivity contribution in [3.63, 3.8) is 0 Å². The molecule has 0 bridgehead atoms. The molecule has 4 aromatic carbocycles. The van der Waals surface area contributed by atoms with Crippen molar-refractivity contribution in [1.29, 1.82) is 0 Å². The quantitative estimate of drug-likeness (QED) is 0.0676. The topological polar surface area (TPSA) is 180 Å². The number of hydrazone groups is 1. The summed E-state index contributed by atoms with van der Waals surface area (Å²) in [7, 11) is 5.06. The summed E-state index contributed by atoms with van der Waals surface area (Å²) in [5.41, 5.74) is 4.12. The minimum Gasteiger partial charge on any atom is -0.507 e. The summed E-state index contributed by atoms with van der Waals surface area (Å²) in [5.74, 6) is -1.06. The smallest absolute Gasteiger partial charge is 0.405 e. The Hall–Kier alpha value is -7.17. The number of alkyl halides is 3. The molecule has 1 unspecified atom stereocenters. The summed E-state index contributed by atoms with van der Waals surface area (Å²) >= 11 is 0. The van der Waals surface area contributed by atoms with E-state index in [1.807, 2.05) is 70.0 Å². The third-order valence-corrected chi connectivity index (χ3v) is 15.1. The average Bonchev–Trinajstić information content (AvgIpc) is 4.26. The molecule has 5 aromatic rings. The molecular weight excluding hydrogens is 1010 g/mol. The summed E-state index contributed by atoms with van der Waals surface area (Å²) < 4.78 is 70.7. The van der Waals surface area contributed by atoms with Gasteiger partial charge in [-0.2, -0.15) is 18.3 Å². The summed E-state index contributed by atoms with van der Waals surface area (Å²) in [5, 5.41) is 43.3. The second-order valence-corrected chi connectivity index (χ2v) is 21.2. The van der Waals surface area contributed by atoms with Crippen LogP contribution >= 0.6 is 0 Å². The van der Waals surface area contributed by atoms with E-state index >= 15 is 4.39 Å². The number of phenolic OH excluding ortho intramolecular Hbond substituents is 2. The van der Waals surface area contributed by atoms with Gasteiger partial charge in [-0.25, -0.2) is 9.40 Å². The fourth-order valence-corrected chi connectivity index (χ4v) is 10.7. The number of aromatic hydroxyl groups is 2. The van der Waals surface area contributed by atoms with Gasteiger partial charge in [0, 0.05) is 99.7 Å². The first kappa shape index (κ1) is 55.6. The van der Waals surface area contributed by atoms with Crippen LogP contribution in [-0.2, 0) is 11.3 Å². The first-order valence-corrected chi connectivity index (χ1v) is 26.7. The number of hydrogen-bond acceptors (Lipinski definition) is 15. The minimum absolute atomic E-state index is 0.0174. The van der Waals surface area contributed by atoms with Crippen LogP contribution in [0.4, 0.5) is 28.9 Å². The maximum Gasteiger partial charge on any atom is 0.405 e. The number of methoxy groups -OCH3 is 2. The summed E-state index contributed by atoms with van der Waals surface area (Å²) in [6, 6.07) is 18.6. The lowest BCUT2D eigenvalue weighted by Crippen LogP contribution is -2.57. The number of ether oxygens (including phenoxy) is 2. The average molecular weight is 1080 g/mol. The molecule has 4 heterocycles. The van der Waals surface area contributed by atoms with Gasteiger partial charge in [0.1, 0.15) is 35.4 Å². The second kappa shape index (κ2) is 23.4. The molecule has 418 valence electrons. The fourth-order valence-electron chi connectivity index (χ4n) is 10.7. The molecule has 0 spiro atoms. The summed E-state index contributed by atoms with van der Waals surface area (Å²) in [4.78, 5) is 38.2. The summed E-state index contributed by atoms with van der Waals surface area (Å²) in [6.45, 7) is 11.7. The van der Waals surface area contributed by atoms with Crippen molar-refractivity contribution in [3.8, 4) is 40.1 Å². The maximum absolute atomic E-state index is 16.4. The van der Waals surface area contributed by atoms with Gasteiger partial charge in [0.05, 0.1) is 32.0 Å². The standard InChI is InChI=1S/C56H70F4N12O6/c1-34(2)41-27-43(46(73)29-48(41)77-6)50-63-64-52(53(75)62-37-10-8-9-11-37)71(50)39-16-14-38(15-17-39)69-24-22-68(23-25-69)33-70-55(54(76)61-32-56(58,59)60)72(51(65-70)44-28-42(35(3)4)49(78-7)30-47(44)74)40-13-12-36(45(57)26-40)31-67-20-18-66(5)19-21-67/h12-17,26-30,34-35,37,55,73-74H,8-11,18-25,31-33H2,1-7H3,(H,61,76)(H,62,75). The zero-order valence-corrected chi connectivity index (χ0v) is 45.3. The molecule has 78 heavy (non-hydrogen) atoms. The van der Waals surface area contributed by atoms with Gasteiger partial charge in [-0.3, -0.25) is 28.9 Å². The Labute approximate surface area is 452 Å². The Morgan fingerprint density at radius 2 is 1.32 bits per heavy atom. The zero-order chi connectivity index (χ0) is 55.6. The fraction of sp³-hybridized carbons (Fsp3) is 0.482. The number of halogens is 4. The number of benzene rings is 4. The number of amides is 2. The molecule has 3 aliphatic heterocycles. The number of amidine groups is 1. The van der Waals surface area contributed by atoms with Gasteiger partial charge in [0.2, 0.25) is 12.0 Å². The van der Waals surface area contributed by atoms with E-state index in [0.717, 1.165) is 63.1 Å². The Morgan fingerprint density at radius 1 is 0.744 bits per heavy atom. The van der Waals surface area contributed by atoms with Crippen LogP contribution in [0.15, 0.2) is 71.8 Å². The highest BCUT2D eigenvalue weighted by Crippen LogP contribution is 2.41. The number of hydrogen-bond donors (Lipinski definition) is 4. The van der Waals surface area contributed by atoms with Crippen LogP contribution in [-0.4, -0.2) is 168 Å². The number of carbonyl (C=O) groups excluding carboxylic acids is 2. The molecule has 1 saturated carbocycles.